The first kappa shape index (κ1) is 28.2. The van der Waals surface area contributed by atoms with Crippen LogP contribution in [0.1, 0.15) is 52.8 Å². The van der Waals surface area contributed by atoms with E-state index in [1.807, 2.05) is 47.1 Å². The van der Waals surface area contributed by atoms with Crippen molar-refractivity contribution in [3.63, 3.8) is 0 Å². The fourth-order valence-electron chi connectivity index (χ4n) is 3.07. The third-order valence-electron chi connectivity index (χ3n) is 7.74. The van der Waals surface area contributed by atoms with Crippen LogP contribution in [0.5, 0.6) is 0 Å². The lowest BCUT2D eigenvalue weighted by molar-refractivity contribution is 0.206. The second-order valence-electron chi connectivity index (χ2n) is 12.4. The zero-order valence-corrected chi connectivity index (χ0v) is 25.5. The summed E-state index contributed by atoms with van der Waals surface area (Å²) in [5, 5.41) is 0.102. The Bertz CT molecular complexity index is 1280. The van der Waals surface area contributed by atoms with Crippen molar-refractivity contribution in [2.45, 2.75) is 91.3 Å². The lowest BCUT2D eigenvalue weighted by Crippen LogP contribution is -2.42. The first-order chi connectivity index (χ1) is 16.5. The summed E-state index contributed by atoms with van der Waals surface area (Å²) in [5.41, 5.74) is 2.53. The van der Waals surface area contributed by atoms with Crippen molar-refractivity contribution < 1.29 is 8.85 Å². The monoisotopic (exact) mass is 526 g/mol. The second-order valence-corrected chi connectivity index (χ2v) is 22.0. The maximum atomic E-state index is 13.3. The topological polar surface area (TPSA) is 71.2 Å². The second kappa shape index (κ2) is 10.2. The molecule has 0 radical (unpaired) electrons. The molecule has 0 atom stereocenters. The van der Waals surface area contributed by atoms with Gasteiger partial charge < -0.3 is 8.85 Å². The highest BCUT2D eigenvalue weighted by molar-refractivity contribution is 6.74. The van der Waals surface area contributed by atoms with Gasteiger partial charge in [0, 0.05) is 0 Å². The van der Waals surface area contributed by atoms with Gasteiger partial charge in [-0.3, -0.25) is 9.13 Å². The van der Waals surface area contributed by atoms with Crippen LogP contribution in [0, 0.1) is 0 Å². The lowest BCUT2D eigenvalue weighted by Gasteiger charge is -2.36. The van der Waals surface area contributed by atoms with E-state index in [1.54, 1.807) is 10.9 Å². The summed E-state index contributed by atoms with van der Waals surface area (Å²) in [6, 6.07) is 10.0. The Labute approximate surface area is 217 Å². The number of aromatic nitrogens is 4. The highest BCUT2D eigenvalue weighted by Gasteiger charge is 2.38. The van der Waals surface area contributed by atoms with Crippen molar-refractivity contribution in [1.82, 2.24) is 19.1 Å². The fourth-order valence-corrected chi connectivity index (χ4v) is 4.85. The zero-order chi connectivity index (χ0) is 26.9. The molecule has 0 aliphatic carbocycles. The van der Waals surface area contributed by atoms with Crippen molar-refractivity contribution in [2.75, 3.05) is 0 Å². The van der Waals surface area contributed by atoms with E-state index in [0.29, 0.717) is 23.6 Å². The number of fused-ring (bicyclic) bond motifs is 1. The SMILES string of the molecule is CC(C)(C)[Si](C)(C)OCn1c(/C=C\c2ccccc2)c2ncn(CO[Si](C)(C)C(C)(C)C)c2nc1=O. The molecule has 0 aliphatic rings. The van der Waals surface area contributed by atoms with Crippen molar-refractivity contribution in [2.24, 2.45) is 0 Å². The number of imidazole rings is 1. The summed E-state index contributed by atoms with van der Waals surface area (Å²) >= 11 is 0. The van der Waals surface area contributed by atoms with Gasteiger partial charge in [0.1, 0.15) is 19.0 Å². The molecular formula is C27H42N4O3Si2. The van der Waals surface area contributed by atoms with E-state index in [9.17, 15) is 4.79 Å². The van der Waals surface area contributed by atoms with Gasteiger partial charge in [-0.1, -0.05) is 78.0 Å². The van der Waals surface area contributed by atoms with Gasteiger partial charge in [0.05, 0.1) is 12.0 Å². The summed E-state index contributed by atoms with van der Waals surface area (Å²) in [6.07, 6.45) is 5.63. The smallest absolute Gasteiger partial charge is 0.352 e. The molecular weight excluding hydrogens is 484 g/mol. The molecule has 3 aromatic rings. The molecule has 36 heavy (non-hydrogen) atoms. The molecule has 0 spiro atoms. The molecule has 0 fully saturated rings. The zero-order valence-electron chi connectivity index (χ0n) is 23.5. The van der Waals surface area contributed by atoms with Gasteiger partial charge in [-0.05, 0) is 47.9 Å². The molecule has 2 aromatic heterocycles. The maximum Gasteiger partial charge on any atom is 0.352 e. The molecule has 0 amide bonds. The van der Waals surface area contributed by atoms with E-state index in [1.165, 1.54) is 0 Å². The van der Waals surface area contributed by atoms with Crippen LogP contribution < -0.4 is 5.69 Å². The lowest BCUT2D eigenvalue weighted by atomic mass is 10.2. The van der Waals surface area contributed by atoms with Gasteiger partial charge in [-0.15, -0.1) is 0 Å². The Morgan fingerprint density at radius 3 is 1.97 bits per heavy atom. The van der Waals surface area contributed by atoms with Crippen LogP contribution in [0.15, 0.2) is 41.5 Å². The molecule has 0 aliphatic heterocycles. The molecule has 0 N–H and O–H groups in total. The average molecular weight is 527 g/mol. The predicted molar refractivity (Wildman–Crippen MR) is 154 cm³/mol. The number of rotatable bonds is 8. The van der Waals surface area contributed by atoms with Crippen LogP contribution in [-0.4, -0.2) is 35.7 Å². The molecule has 196 valence electrons. The van der Waals surface area contributed by atoms with Crippen LogP contribution in [-0.2, 0) is 22.3 Å². The van der Waals surface area contributed by atoms with E-state index in [0.717, 1.165) is 5.56 Å². The third kappa shape index (κ3) is 6.13. The van der Waals surface area contributed by atoms with E-state index >= 15 is 0 Å². The fraction of sp³-hybridized carbons (Fsp3) is 0.519. The summed E-state index contributed by atoms with van der Waals surface area (Å²) in [5.74, 6) is 0. The Kier molecular flexibility index (Phi) is 8.00. The number of hydrogen-bond acceptors (Lipinski definition) is 5. The Balaban J connectivity index is 2.06. The first-order valence-corrected chi connectivity index (χ1v) is 18.3. The molecule has 2 heterocycles. The van der Waals surface area contributed by atoms with Crippen LogP contribution in [0.2, 0.25) is 36.3 Å². The van der Waals surface area contributed by atoms with Crippen LogP contribution in [0.4, 0.5) is 0 Å². The molecule has 0 saturated heterocycles. The van der Waals surface area contributed by atoms with Gasteiger partial charge >= 0.3 is 5.69 Å². The van der Waals surface area contributed by atoms with Gasteiger partial charge in [0.15, 0.2) is 22.3 Å². The Hall–Kier alpha value is -2.34. The van der Waals surface area contributed by atoms with E-state index in [4.69, 9.17) is 8.85 Å². The quantitative estimate of drug-likeness (QED) is 0.305. The van der Waals surface area contributed by atoms with Crippen molar-refractivity contribution in [3.8, 4) is 0 Å². The Morgan fingerprint density at radius 1 is 0.861 bits per heavy atom. The molecule has 0 unspecified atom stereocenters. The summed E-state index contributed by atoms with van der Waals surface area (Å²) < 4.78 is 16.2. The Morgan fingerprint density at radius 2 is 1.42 bits per heavy atom. The van der Waals surface area contributed by atoms with E-state index in [-0.39, 0.29) is 22.5 Å². The maximum absolute atomic E-state index is 13.3. The standard InChI is InChI=1S/C27H42N4O3Si2/c1-26(2,3)35(7,8)33-19-30-18-28-23-22(17-16-21-14-12-11-13-15-21)31(25(32)29-24(23)30)20-34-36(9,10)27(4,5)6/h11-18H,19-20H2,1-10H3/b17-16-. The van der Waals surface area contributed by atoms with Crippen LogP contribution in [0.3, 0.4) is 0 Å². The van der Waals surface area contributed by atoms with Crippen LogP contribution in [0.25, 0.3) is 23.3 Å². The van der Waals surface area contributed by atoms with Crippen LogP contribution >= 0.6 is 0 Å². The summed E-state index contributed by atoms with van der Waals surface area (Å²) in [4.78, 5) is 22.4. The number of nitrogens with zero attached hydrogens (tertiary/aromatic N) is 4. The molecule has 0 bridgehead atoms. The molecule has 7 nitrogen and oxygen atoms in total. The van der Waals surface area contributed by atoms with Crippen molar-refractivity contribution >= 4 is 40.0 Å². The van der Waals surface area contributed by atoms with Gasteiger partial charge in [-0.2, -0.15) is 4.98 Å². The van der Waals surface area contributed by atoms with Gasteiger partial charge in [-0.25, -0.2) is 9.78 Å². The van der Waals surface area contributed by atoms with E-state index < -0.39 is 16.6 Å². The average Bonchev–Trinajstić information content (AvgIpc) is 3.16. The third-order valence-corrected chi connectivity index (χ3v) is 16.7. The molecule has 3 rings (SSSR count). The summed E-state index contributed by atoms with van der Waals surface area (Å²) in [6.45, 7) is 22.4. The minimum atomic E-state index is -2.09. The highest BCUT2D eigenvalue weighted by atomic mass is 28.4. The van der Waals surface area contributed by atoms with Crippen molar-refractivity contribution in [3.05, 3.63) is 58.4 Å². The molecule has 1 aromatic carbocycles. The normalized spacial score (nSPS) is 13.7. The number of benzene rings is 1. The van der Waals surface area contributed by atoms with E-state index in [2.05, 4.69) is 77.7 Å². The number of hydrogen-bond donors (Lipinski definition) is 0. The van der Waals surface area contributed by atoms with Gasteiger partial charge in [0.2, 0.25) is 0 Å². The predicted octanol–water partition coefficient (Wildman–Crippen LogP) is 6.72. The first-order valence-electron chi connectivity index (χ1n) is 12.5. The minimum absolute atomic E-state index is 0.0246. The van der Waals surface area contributed by atoms with Crippen molar-refractivity contribution in [1.29, 1.82) is 0 Å². The van der Waals surface area contributed by atoms with Gasteiger partial charge in [0.25, 0.3) is 0 Å². The minimum Gasteiger partial charge on any atom is -0.399 e. The summed E-state index contributed by atoms with van der Waals surface area (Å²) in [7, 11) is -4.07. The molecule has 0 saturated carbocycles. The highest BCUT2D eigenvalue weighted by Crippen LogP contribution is 2.37. The molecule has 9 heteroatoms. The largest absolute Gasteiger partial charge is 0.399 e.